The summed E-state index contributed by atoms with van der Waals surface area (Å²) in [6.07, 6.45) is 4.81. The highest BCUT2D eigenvalue weighted by Gasteiger charge is 2.07. The zero-order chi connectivity index (χ0) is 19.9. The predicted molar refractivity (Wildman–Crippen MR) is 113 cm³/mol. The minimum atomic E-state index is -0.254. The highest BCUT2D eigenvalue weighted by Crippen LogP contribution is 2.25. The van der Waals surface area contributed by atoms with Crippen molar-refractivity contribution in [1.82, 2.24) is 9.78 Å². The Morgan fingerprint density at radius 2 is 1.93 bits per heavy atom. The Balaban J connectivity index is 1.68. The van der Waals surface area contributed by atoms with Crippen LogP contribution in [0.15, 0.2) is 65.3 Å². The zero-order valence-corrected chi connectivity index (χ0v) is 17.1. The number of amides is 1. The van der Waals surface area contributed by atoms with Gasteiger partial charge in [-0.2, -0.15) is 5.10 Å². The molecule has 28 heavy (non-hydrogen) atoms. The van der Waals surface area contributed by atoms with Gasteiger partial charge in [-0.25, -0.2) is 4.68 Å². The van der Waals surface area contributed by atoms with Gasteiger partial charge in [-0.15, -0.1) is 0 Å². The van der Waals surface area contributed by atoms with E-state index in [4.69, 9.17) is 9.47 Å². The number of hydrogen-bond donors (Lipinski definition) is 1. The molecule has 0 saturated heterocycles. The molecule has 0 unspecified atom stereocenters. The highest BCUT2D eigenvalue weighted by molar-refractivity contribution is 9.10. The number of anilines is 1. The SMILES string of the molecule is COc1ccc(C=CC(=O)Nc2ccnn2Cc2ccc(Br)cc2)c(OC)c1. The van der Waals surface area contributed by atoms with Crippen molar-refractivity contribution in [3.8, 4) is 11.5 Å². The second kappa shape index (κ2) is 9.23. The average Bonchev–Trinajstić information content (AvgIpc) is 3.14. The van der Waals surface area contributed by atoms with Crippen LogP contribution in [0.2, 0.25) is 0 Å². The maximum Gasteiger partial charge on any atom is 0.249 e. The quantitative estimate of drug-likeness (QED) is 0.553. The van der Waals surface area contributed by atoms with Crippen molar-refractivity contribution in [2.75, 3.05) is 19.5 Å². The number of nitrogens with one attached hydrogen (secondary N) is 1. The average molecular weight is 442 g/mol. The van der Waals surface area contributed by atoms with Crippen molar-refractivity contribution in [2.24, 2.45) is 0 Å². The minimum Gasteiger partial charge on any atom is -0.497 e. The van der Waals surface area contributed by atoms with Crippen LogP contribution in [0.4, 0.5) is 5.82 Å². The molecule has 0 atom stereocenters. The van der Waals surface area contributed by atoms with Gasteiger partial charge in [0.1, 0.15) is 17.3 Å². The molecule has 0 bridgehead atoms. The summed E-state index contributed by atoms with van der Waals surface area (Å²) in [6.45, 7) is 0.561. The van der Waals surface area contributed by atoms with Crippen molar-refractivity contribution in [3.05, 3.63) is 76.4 Å². The van der Waals surface area contributed by atoms with Gasteiger partial charge >= 0.3 is 0 Å². The van der Waals surface area contributed by atoms with Crippen molar-refractivity contribution in [1.29, 1.82) is 0 Å². The molecular weight excluding hydrogens is 422 g/mol. The Hall–Kier alpha value is -3.06. The summed E-state index contributed by atoms with van der Waals surface area (Å²) >= 11 is 3.42. The first-order valence-corrected chi connectivity index (χ1v) is 9.35. The number of benzene rings is 2. The molecule has 0 saturated carbocycles. The van der Waals surface area contributed by atoms with E-state index >= 15 is 0 Å². The van der Waals surface area contributed by atoms with E-state index in [-0.39, 0.29) is 5.91 Å². The molecule has 1 N–H and O–H groups in total. The van der Waals surface area contributed by atoms with Crippen LogP contribution in [0.1, 0.15) is 11.1 Å². The fourth-order valence-corrected chi connectivity index (χ4v) is 2.88. The van der Waals surface area contributed by atoms with Gasteiger partial charge in [-0.05, 0) is 35.9 Å². The highest BCUT2D eigenvalue weighted by atomic mass is 79.9. The number of methoxy groups -OCH3 is 2. The molecule has 7 heteroatoms. The van der Waals surface area contributed by atoms with E-state index in [0.717, 1.165) is 15.6 Å². The number of carbonyl (C=O) groups excluding carboxylic acids is 1. The van der Waals surface area contributed by atoms with Gasteiger partial charge in [0.2, 0.25) is 5.91 Å². The third kappa shape index (κ3) is 5.01. The van der Waals surface area contributed by atoms with Gasteiger partial charge in [0, 0.05) is 28.2 Å². The molecule has 2 aromatic carbocycles. The summed E-state index contributed by atoms with van der Waals surface area (Å²) in [5.41, 5.74) is 1.86. The molecule has 3 rings (SSSR count). The van der Waals surface area contributed by atoms with E-state index in [1.807, 2.05) is 36.4 Å². The lowest BCUT2D eigenvalue weighted by molar-refractivity contribution is -0.111. The van der Waals surface area contributed by atoms with Crippen LogP contribution >= 0.6 is 15.9 Å². The van der Waals surface area contributed by atoms with E-state index in [0.29, 0.717) is 23.9 Å². The summed E-state index contributed by atoms with van der Waals surface area (Å²) in [7, 11) is 3.17. The fraction of sp³-hybridized carbons (Fsp3) is 0.143. The Labute approximate surface area is 171 Å². The van der Waals surface area contributed by atoms with E-state index in [2.05, 4.69) is 26.3 Å². The van der Waals surface area contributed by atoms with Gasteiger partial charge in [0.25, 0.3) is 0 Å². The van der Waals surface area contributed by atoms with Gasteiger partial charge in [-0.3, -0.25) is 4.79 Å². The van der Waals surface area contributed by atoms with Gasteiger partial charge in [0.05, 0.1) is 27.0 Å². The first-order chi connectivity index (χ1) is 13.6. The largest absolute Gasteiger partial charge is 0.497 e. The zero-order valence-electron chi connectivity index (χ0n) is 15.6. The van der Waals surface area contributed by atoms with Gasteiger partial charge in [0.15, 0.2) is 0 Å². The Bertz CT molecular complexity index is 981. The summed E-state index contributed by atoms with van der Waals surface area (Å²) in [5.74, 6) is 1.69. The summed E-state index contributed by atoms with van der Waals surface area (Å²) in [4.78, 5) is 12.3. The molecule has 0 fully saturated rings. The Kier molecular flexibility index (Phi) is 6.49. The second-order valence-electron chi connectivity index (χ2n) is 5.93. The standard InChI is InChI=1S/C21H20BrN3O3/c1-27-18-9-5-16(19(13-18)28-2)6-10-21(26)24-20-11-12-23-25(20)14-15-3-7-17(22)8-4-15/h3-13H,14H2,1-2H3,(H,24,26). The van der Waals surface area contributed by atoms with Crippen molar-refractivity contribution < 1.29 is 14.3 Å². The smallest absolute Gasteiger partial charge is 0.249 e. The van der Waals surface area contributed by atoms with Crippen LogP contribution in [0, 0.1) is 0 Å². The molecule has 0 aliphatic heterocycles. The van der Waals surface area contributed by atoms with E-state index < -0.39 is 0 Å². The summed E-state index contributed by atoms with van der Waals surface area (Å²) in [5, 5.41) is 7.14. The number of nitrogens with zero attached hydrogens (tertiary/aromatic N) is 2. The molecular formula is C21H20BrN3O3. The van der Waals surface area contributed by atoms with E-state index in [9.17, 15) is 4.79 Å². The molecule has 3 aromatic rings. The van der Waals surface area contributed by atoms with Crippen LogP contribution in [0.5, 0.6) is 11.5 Å². The van der Waals surface area contributed by atoms with Gasteiger partial charge < -0.3 is 14.8 Å². The van der Waals surface area contributed by atoms with Crippen molar-refractivity contribution in [3.63, 3.8) is 0 Å². The second-order valence-corrected chi connectivity index (χ2v) is 6.85. The van der Waals surface area contributed by atoms with Crippen molar-refractivity contribution in [2.45, 2.75) is 6.54 Å². The van der Waals surface area contributed by atoms with Crippen LogP contribution in [-0.4, -0.2) is 29.9 Å². The monoisotopic (exact) mass is 441 g/mol. The lowest BCUT2D eigenvalue weighted by Crippen LogP contribution is -2.13. The molecule has 0 aliphatic rings. The molecule has 6 nitrogen and oxygen atoms in total. The molecule has 144 valence electrons. The maximum atomic E-state index is 12.3. The third-order valence-electron chi connectivity index (χ3n) is 4.07. The maximum absolute atomic E-state index is 12.3. The van der Waals surface area contributed by atoms with E-state index in [1.54, 1.807) is 43.3 Å². The van der Waals surface area contributed by atoms with Crippen LogP contribution in [0.25, 0.3) is 6.08 Å². The molecule has 0 radical (unpaired) electrons. The number of ether oxygens (including phenoxy) is 2. The van der Waals surface area contributed by atoms with E-state index in [1.165, 1.54) is 6.08 Å². The molecule has 0 aliphatic carbocycles. The van der Waals surface area contributed by atoms with Gasteiger partial charge in [-0.1, -0.05) is 28.1 Å². The predicted octanol–water partition coefficient (Wildman–Crippen LogP) is 4.36. The minimum absolute atomic E-state index is 0.254. The molecule has 1 amide bonds. The lowest BCUT2D eigenvalue weighted by atomic mass is 10.1. The first-order valence-electron chi connectivity index (χ1n) is 8.56. The first kappa shape index (κ1) is 19.7. The Morgan fingerprint density at radius 3 is 2.64 bits per heavy atom. The number of hydrogen-bond acceptors (Lipinski definition) is 4. The lowest BCUT2D eigenvalue weighted by Gasteiger charge is -2.09. The Morgan fingerprint density at radius 1 is 1.14 bits per heavy atom. The van der Waals surface area contributed by atoms with Crippen LogP contribution in [0.3, 0.4) is 0 Å². The molecule has 0 spiro atoms. The number of carbonyl (C=O) groups is 1. The number of aromatic nitrogens is 2. The summed E-state index contributed by atoms with van der Waals surface area (Å²) in [6, 6.07) is 15.1. The molecule has 1 heterocycles. The number of rotatable bonds is 7. The normalized spacial score (nSPS) is 10.8. The van der Waals surface area contributed by atoms with Crippen LogP contribution < -0.4 is 14.8 Å². The molecule has 1 aromatic heterocycles. The summed E-state index contributed by atoms with van der Waals surface area (Å²) < 4.78 is 13.3. The fourth-order valence-electron chi connectivity index (χ4n) is 2.62. The topological polar surface area (TPSA) is 65.4 Å². The third-order valence-corrected chi connectivity index (χ3v) is 4.60. The van der Waals surface area contributed by atoms with Crippen LogP contribution in [-0.2, 0) is 11.3 Å². The number of halogens is 1. The van der Waals surface area contributed by atoms with Crippen molar-refractivity contribution >= 4 is 33.7 Å².